The summed E-state index contributed by atoms with van der Waals surface area (Å²) in [5, 5.41) is 3.23. The summed E-state index contributed by atoms with van der Waals surface area (Å²) in [7, 11) is 0. The Kier molecular flexibility index (Phi) is 5.01. The molecule has 1 aliphatic heterocycles. The van der Waals surface area contributed by atoms with E-state index in [9.17, 15) is 4.79 Å². The zero-order valence-electron chi connectivity index (χ0n) is 16.0. The van der Waals surface area contributed by atoms with Crippen molar-refractivity contribution in [1.82, 2.24) is 19.4 Å². The third kappa shape index (κ3) is 3.89. The van der Waals surface area contributed by atoms with Crippen molar-refractivity contribution < 1.29 is 4.42 Å². The lowest BCUT2D eigenvalue weighted by atomic mass is 10.2. The molecule has 2 aromatic carbocycles. The molecule has 0 spiro atoms. The number of fused-ring (bicyclic) bond motifs is 1. The summed E-state index contributed by atoms with van der Waals surface area (Å²) in [5.74, 6) is -0.287. The predicted molar refractivity (Wildman–Crippen MR) is 115 cm³/mol. The van der Waals surface area contributed by atoms with Crippen molar-refractivity contribution in [2.24, 2.45) is 0 Å². The van der Waals surface area contributed by atoms with E-state index in [4.69, 9.17) is 9.40 Å². The predicted octanol–water partition coefficient (Wildman–Crippen LogP) is 3.49. The number of thiazole rings is 1. The highest BCUT2D eigenvalue weighted by molar-refractivity contribution is 7.13. The lowest BCUT2D eigenvalue weighted by Gasteiger charge is -2.34. The van der Waals surface area contributed by atoms with Crippen molar-refractivity contribution in [1.29, 1.82) is 0 Å². The fourth-order valence-corrected chi connectivity index (χ4v) is 4.58. The Balaban J connectivity index is 1.19. The number of rotatable bonds is 5. The Morgan fingerprint density at radius 3 is 2.48 bits per heavy atom. The number of benzene rings is 2. The van der Waals surface area contributed by atoms with Crippen LogP contribution in [-0.2, 0) is 13.2 Å². The maximum Gasteiger partial charge on any atom is 0.421 e. The number of aromatic nitrogens is 2. The van der Waals surface area contributed by atoms with Gasteiger partial charge in [-0.25, -0.2) is 9.78 Å². The van der Waals surface area contributed by atoms with Crippen LogP contribution in [0.5, 0.6) is 0 Å². The van der Waals surface area contributed by atoms with Gasteiger partial charge in [0.05, 0.1) is 17.9 Å². The normalized spacial score (nSPS) is 15.9. The van der Waals surface area contributed by atoms with Gasteiger partial charge < -0.3 is 4.42 Å². The van der Waals surface area contributed by atoms with Crippen LogP contribution in [0.4, 0.5) is 0 Å². The Bertz CT molecular complexity index is 1160. The largest absolute Gasteiger partial charge is 0.421 e. The molecule has 1 aliphatic rings. The quantitative estimate of drug-likeness (QED) is 0.508. The zero-order chi connectivity index (χ0) is 19.6. The number of hydrogen-bond acceptors (Lipinski definition) is 6. The van der Waals surface area contributed by atoms with E-state index in [1.54, 1.807) is 15.9 Å². The van der Waals surface area contributed by atoms with Gasteiger partial charge in [-0.15, -0.1) is 11.3 Å². The van der Waals surface area contributed by atoms with Gasteiger partial charge in [0.1, 0.15) is 5.01 Å². The van der Waals surface area contributed by atoms with Gasteiger partial charge in [0.15, 0.2) is 5.58 Å². The second-order valence-electron chi connectivity index (χ2n) is 7.31. The molecule has 0 N–H and O–H groups in total. The summed E-state index contributed by atoms with van der Waals surface area (Å²) in [6, 6.07) is 17.9. The minimum Gasteiger partial charge on any atom is -0.408 e. The lowest BCUT2D eigenvalue weighted by Crippen LogP contribution is -2.47. The van der Waals surface area contributed by atoms with Crippen LogP contribution in [0.2, 0.25) is 0 Å². The molecule has 0 unspecified atom stereocenters. The molecule has 0 bridgehead atoms. The molecule has 29 heavy (non-hydrogen) atoms. The molecule has 2 aromatic heterocycles. The van der Waals surface area contributed by atoms with E-state index < -0.39 is 0 Å². The van der Waals surface area contributed by atoms with Gasteiger partial charge >= 0.3 is 5.76 Å². The third-order valence-corrected chi connectivity index (χ3v) is 6.28. The molecule has 1 saturated heterocycles. The summed E-state index contributed by atoms with van der Waals surface area (Å²) in [6.07, 6.45) is 0. The third-order valence-electron chi connectivity index (χ3n) is 5.34. The molecular formula is C22H22N4O2S. The molecule has 1 fully saturated rings. The average molecular weight is 407 g/mol. The number of piperazine rings is 1. The molecule has 3 heterocycles. The van der Waals surface area contributed by atoms with E-state index in [0.717, 1.165) is 48.9 Å². The first-order valence-electron chi connectivity index (χ1n) is 9.79. The summed E-state index contributed by atoms with van der Waals surface area (Å²) in [5.41, 5.74) is 3.80. The van der Waals surface area contributed by atoms with Crippen LogP contribution in [0.15, 0.2) is 69.2 Å². The Morgan fingerprint density at radius 2 is 1.66 bits per heavy atom. The van der Waals surface area contributed by atoms with Gasteiger partial charge in [-0.3, -0.25) is 14.4 Å². The number of hydrogen-bond donors (Lipinski definition) is 0. The molecule has 148 valence electrons. The lowest BCUT2D eigenvalue weighted by molar-refractivity contribution is 0.101. The standard InChI is InChI=1S/C22H22N4O2S/c27-22-26(19-8-4-5-9-20(19)28-22)16-25-12-10-24(11-13-25)14-18-15-29-21(23-18)17-6-2-1-3-7-17/h1-9,15H,10-14,16H2. The SMILES string of the molecule is O=c1oc2ccccc2n1CN1CCN(Cc2csc(-c3ccccc3)n2)CC1. The Morgan fingerprint density at radius 1 is 0.931 bits per heavy atom. The first-order chi connectivity index (χ1) is 14.3. The van der Waals surface area contributed by atoms with E-state index in [-0.39, 0.29) is 5.76 Å². The highest BCUT2D eigenvalue weighted by Crippen LogP contribution is 2.24. The summed E-state index contributed by atoms with van der Waals surface area (Å²) < 4.78 is 7.06. The zero-order valence-corrected chi connectivity index (χ0v) is 16.8. The second-order valence-corrected chi connectivity index (χ2v) is 8.17. The fourth-order valence-electron chi connectivity index (χ4n) is 3.76. The maximum absolute atomic E-state index is 12.2. The highest BCUT2D eigenvalue weighted by atomic mass is 32.1. The van der Waals surface area contributed by atoms with Crippen molar-refractivity contribution in [3.8, 4) is 10.6 Å². The molecule has 7 heteroatoms. The number of oxazole rings is 1. The summed E-state index contributed by atoms with van der Waals surface area (Å²) >= 11 is 1.70. The Labute approximate surface area is 172 Å². The van der Waals surface area contributed by atoms with Crippen molar-refractivity contribution >= 4 is 22.4 Å². The monoisotopic (exact) mass is 406 g/mol. The topological polar surface area (TPSA) is 54.5 Å². The molecular weight excluding hydrogens is 384 g/mol. The molecule has 0 amide bonds. The van der Waals surface area contributed by atoms with Crippen LogP contribution < -0.4 is 5.76 Å². The van der Waals surface area contributed by atoms with Crippen LogP contribution in [0, 0.1) is 0 Å². The van der Waals surface area contributed by atoms with Gasteiger partial charge in [-0.2, -0.15) is 0 Å². The van der Waals surface area contributed by atoms with Crippen LogP contribution in [0.25, 0.3) is 21.7 Å². The van der Waals surface area contributed by atoms with Gasteiger partial charge in [0, 0.05) is 43.7 Å². The molecule has 4 aromatic rings. The van der Waals surface area contributed by atoms with Crippen LogP contribution in [0.1, 0.15) is 5.69 Å². The summed E-state index contributed by atoms with van der Waals surface area (Å²) in [6.45, 7) is 5.19. The minimum absolute atomic E-state index is 0.287. The van der Waals surface area contributed by atoms with E-state index in [1.165, 1.54) is 5.56 Å². The Hall–Kier alpha value is -2.74. The van der Waals surface area contributed by atoms with Gasteiger partial charge in [-0.1, -0.05) is 42.5 Å². The van der Waals surface area contributed by atoms with Crippen molar-refractivity contribution in [3.63, 3.8) is 0 Å². The van der Waals surface area contributed by atoms with Gasteiger partial charge in [0.25, 0.3) is 0 Å². The second kappa shape index (κ2) is 7.94. The fraction of sp³-hybridized carbons (Fsp3) is 0.273. The molecule has 0 aliphatic carbocycles. The molecule has 6 nitrogen and oxygen atoms in total. The molecule has 0 radical (unpaired) electrons. The molecule has 0 saturated carbocycles. The minimum atomic E-state index is -0.287. The number of nitrogens with zero attached hydrogens (tertiary/aromatic N) is 4. The number of para-hydroxylation sites is 2. The first kappa shape index (κ1) is 18.3. The highest BCUT2D eigenvalue weighted by Gasteiger charge is 2.20. The van der Waals surface area contributed by atoms with Gasteiger partial charge in [0.2, 0.25) is 0 Å². The van der Waals surface area contributed by atoms with Crippen molar-refractivity contribution in [2.45, 2.75) is 13.2 Å². The molecule has 0 atom stereocenters. The van der Waals surface area contributed by atoms with E-state index >= 15 is 0 Å². The van der Waals surface area contributed by atoms with E-state index in [0.29, 0.717) is 12.3 Å². The van der Waals surface area contributed by atoms with Crippen LogP contribution in [-0.4, -0.2) is 45.5 Å². The smallest absolute Gasteiger partial charge is 0.408 e. The van der Waals surface area contributed by atoms with Crippen molar-refractivity contribution in [2.75, 3.05) is 26.2 Å². The molecule has 5 rings (SSSR count). The maximum atomic E-state index is 12.2. The first-order valence-corrected chi connectivity index (χ1v) is 10.7. The van der Waals surface area contributed by atoms with Crippen LogP contribution >= 0.6 is 11.3 Å². The average Bonchev–Trinajstić information content (AvgIpc) is 3.35. The van der Waals surface area contributed by atoms with Crippen LogP contribution in [0.3, 0.4) is 0 Å². The van der Waals surface area contributed by atoms with E-state index in [1.807, 2.05) is 42.5 Å². The summed E-state index contributed by atoms with van der Waals surface area (Å²) in [4.78, 5) is 21.7. The van der Waals surface area contributed by atoms with E-state index in [2.05, 4.69) is 27.3 Å². The van der Waals surface area contributed by atoms with Crippen molar-refractivity contribution in [3.05, 3.63) is 76.2 Å². The van der Waals surface area contributed by atoms with Gasteiger partial charge in [-0.05, 0) is 12.1 Å².